The molecule has 17 heavy (non-hydrogen) atoms. The molecule has 0 spiro atoms. The van der Waals surface area contributed by atoms with Crippen LogP contribution >= 0.6 is 0 Å². The molecule has 0 saturated carbocycles. The van der Waals surface area contributed by atoms with E-state index >= 15 is 0 Å². The molecule has 0 radical (unpaired) electrons. The van der Waals surface area contributed by atoms with E-state index in [0.717, 1.165) is 19.7 Å². The fourth-order valence-corrected chi connectivity index (χ4v) is 1.79. The number of hydrogen-bond donors (Lipinski definition) is 1. The molecule has 1 rings (SSSR count). The lowest BCUT2D eigenvalue weighted by Gasteiger charge is -2.26. The normalized spacial score (nSPS) is 12.4. The van der Waals surface area contributed by atoms with Gasteiger partial charge in [0.2, 0.25) is 0 Å². The first-order chi connectivity index (χ1) is 7.94. The smallest absolute Gasteiger partial charge is 0.0949 e. The van der Waals surface area contributed by atoms with Crippen LogP contribution in [0.1, 0.15) is 40.3 Å². The molecule has 0 amide bonds. The summed E-state index contributed by atoms with van der Waals surface area (Å²) in [5, 5.41) is 3.40. The topological polar surface area (TPSA) is 39.1 Å². The van der Waals surface area contributed by atoms with E-state index in [0.29, 0.717) is 6.04 Å². The molecule has 0 saturated heterocycles. The van der Waals surface area contributed by atoms with Gasteiger partial charge in [0.05, 0.1) is 24.2 Å². The molecule has 0 bridgehead atoms. The summed E-state index contributed by atoms with van der Waals surface area (Å²) in [7, 11) is 0. The minimum atomic E-state index is -0.151. The van der Waals surface area contributed by atoms with Crippen molar-refractivity contribution in [2.75, 3.05) is 6.61 Å². The molecule has 0 aliphatic heterocycles. The summed E-state index contributed by atoms with van der Waals surface area (Å²) < 4.78 is 7.87. The Bertz CT molecular complexity index is 331. The van der Waals surface area contributed by atoms with Gasteiger partial charge >= 0.3 is 0 Å². The van der Waals surface area contributed by atoms with Crippen LogP contribution in [0.4, 0.5) is 0 Å². The van der Waals surface area contributed by atoms with E-state index in [1.54, 1.807) is 0 Å². The van der Waals surface area contributed by atoms with Crippen LogP contribution in [0.5, 0.6) is 0 Å². The highest BCUT2D eigenvalue weighted by molar-refractivity contribution is 4.99. The van der Waals surface area contributed by atoms with Crippen molar-refractivity contribution in [1.82, 2.24) is 14.9 Å². The molecule has 4 heteroatoms. The number of nitrogens with zero attached hydrogens (tertiary/aromatic N) is 2. The Kier molecular flexibility index (Phi) is 5.15. The Labute approximate surface area is 104 Å². The van der Waals surface area contributed by atoms with Gasteiger partial charge in [0, 0.05) is 25.4 Å². The maximum atomic E-state index is 5.71. The van der Waals surface area contributed by atoms with Crippen LogP contribution in [0.3, 0.4) is 0 Å². The predicted molar refractivity (Wildman–Crippen MR) is 69.9 cm³/mol. The summed E-state index contributed by atoms with van der Waals surface area (Å²) in [6.07, 6.45) is 3.79. The van der Waals surface area contributed by atoms with Crippen LogP contribution in [-0.4, -0.2) is 27.8 Å². The van der Waals surface area contributed by atoms with Gasteiger partial charge in [-0.1, -0.05) is 13.8 Å². The Morgan fingerprint density at radius 2 is 2.18 bits per heavy atom. The first-order valence-corrected chi connectivity index (χ1v) is 6.31. The van der Waals surface area contributed by atoms with Crippen LogP contribution in [0, 0.1) is 0 Å². The highest BCUT2D eigenvalue weighted by Gasteiger charge is 2.19. The lowest BCUT2D eigenvalue weighted by molar-refractivity contribution is -0.0229. The average Bonchev–Trinajstić information content (AvgIpc) is 2.61. The predicted octanol–water partition coefficient (Wildman–Crippen LogP) is 2.20. The number of hydrogen-bond acceptors (Lipinski definition) is 3. The molecule has 0 fully saturated rings. The van der Waals surface area contributed by atoms with Gasteiger partial charge in [0.1, 0.15) is 0 Å². The van der Waals surface area contributed by atoms with E-state index in [1.807, 2.05) is 19.4 Å². The molecule has 1 N–H and O–H groups in total. The lowest BCUT2D eigenvalue weighted by Crippen LogP contribution is -2.32. The zero-order chi connectivity index (χ0) is 12.9. The van der Waals surface area contributed by atoms with Crippen molar-refractivity contribution >= 4 is 0 Å². The van der Waals surface area contributed by atoms with Gasteiger partial charge in [-0.05, 0) is 20.8 Å². The quantitative estimate of drug-likeness (QED) is 0.793. The first kappa shape index (κ1) is 14.2. The lowest BCUT2D eigenvalue weighted by atomic mass is 10.1. The third-order valence-electron chi connectivity index (χ3n) is 2.58. The van der Waals surface area contributed by atoms with Gasteiger partial charge < -0.3 is 14.6 Å². The Morgan fingerprint density at radius 1 is 1.47 bits per heavy atom. The number of rotatable bonds is 7. The molecule has 1 heterocycles. The van der Waals surface area contributed by atoms with E-state index in [-0.39, 0.29) is 5.60 Å². The van der Waals surface area contributed by atoms with E-state index in [4.69, 9.17) is 4.74 Å². The first-order valence-electron chi connectivity index (χ1n) is 6.31. The molecular weight excluding hydrogens is 214 g/mol. The van der Waals surface area contributed by atoms with Crippen molar-refractivity contribution in [2.45, 2.75) is 59.4 Å². The fourth-order valence-electron chi connectivity index (χ4n) is 1.79. The number of imidazole rings is 1. The van der Waals surface area contributed by atoms with Gasteiger partial charge in [-0.25, -0.2) is 4.98 Å². The molecule has 0 atom stereocenters. The molecule has 1 aromatic rings. The van der Waals surface area contributed by atoms with E-state index < -0.39 is 0 Å². The van der Waals surface area contributed by atoms with Crippen molar-refractivity contribution in [2.24, 2.45) is 0 Å². The molecule has 4 nitrogen and oxygen atoms in total. The summed E-state index contributed by atoms with van der Waals surface area (Å²) in [6, 6.07) is 0.484. The van der Waals surface area contributed by atoms with E-state index in [1.165, 1.54) is 5.69 Å². The van der Waals surface area contributed by atoms with Crippen LogP contribution in [0.15, 0.2) is 12.5 Å². The van der Waals surface area contributed by atoms with Gasteiger partial charge in [0.25, 0.3) is 0 Å². The minimum Gasteiger partial charge on any atom is -0.374 e. The third-order valence-corrected chi connectivity index (χ3v) is 2.58. The molecular formula is C13H25N3O. The van der Waals surface area contributed by atoms with Crippen molar-refractivity contribution in [3.63, 3.8) is 0 Å². The second-order valence-electron chi connectivity index (χ2n) is 5.24. The summed E-state index contributed by atoms with van der Waals surface area (Å²) in [4.78, 5) is 4.21. The van der Waals surface area contributed by atoms with Gasteiger partial charge in [-0.15, -0.1) is 0 Å². The molecule has 1 aromatic heterocycles. The molecule has 0 unspecified atom stereocenters. The molecule has 0 aliphatic carbocycles. The van der Waals surface area contributed by atoms with Crippen LogP contribution in [-0.2, 0) is 17.8 Å². The standard InChI is InChI=1S/C13H25N3O/c1-6-17-13(4,5)9-16-10-14-7-12(16)8-15-11(2)3/h7,10-11,15H,6,8-9H2,1-5H3. The number of nitrogens with one attached hydrogen (secondary N) is 1. The SMILES string of the molecule is CCOC(C)(C)Cn1cncc1CNC(C)C. The number of aromatic nitrogens is 2. The summed E-state index contributed by atoms with van der Waals surface area (Å²) in [6.45, 7) is 12.9. The molecule has 98 valence electrons. The van der Waals surface area contributed by atoms with Gasteiger partial charge in [0.15, 0.2) is 0 Å². The zero-order valence-corrected chi connectivity index (χ0v) is 11.7. The zero-order valence-electron chi connectivity index (χ0n) is 11.7. The van der Waals surface area contributed by atoms with Crippen molar-refractivity contribution in [3.05, 3.63) is 18.2 Å². The summed E-state index contributed by atoms with van der Waals surface area (Å²) >= 11 is 0. The van der Waals surface area contributed by atoms with E-state index in [9.17, 15) is 0 Å². The Balaban J connectivity index is 2.62. The van der Waals surface area contributed by atoms with E-state index in [2.05, 4.69) is 42.6 Å². The second-order valence-corrected chi connectivity index (χ2v) is 5.24. The largest absolute Gasteiger partial charge is 0.374 e. The number of ether oxygens (including phenoxy) is 1. The Morgan fingerprint density at radius 3 is 2.76 bits per heavy atom. The van der Waals surface area contributed by atoms with Crippen LogP contribution < -0.4 is 5.32 Å². The summed E-state index contributed by atoms with van der Waals surface area (Å²) in [5.74, 6) is 0. The summed E-state index contributed by atoms with van der Waals surface area (Å²) in [5.41, 5.74) is 1.05. The van der Waals surface area contributed by atoms with Crippen LogP contribution in [0.2, 0.25) is 0 Å². The fraction of sp³-hybridized carbons (Fsp3) is 0.769. The Hall–Kier alpha value is -0.870. The molecule has 0 aliphatic rings. The van der Waals surface area contributed by atoms with Gasteiger partial charge in [-0.2, -0.15) is 0 Å². The maximum absolute atomic E-state index is 5.71. The highest BCUT2D eigenvalue weighted by atomic mass is 16.5. The van der Waals surface area contributed by atoms with Crippen LogP contribution in [0.25, 0.3) is 0 Å². The monoisotopic (exact) mass is 239 g/mol. The van der Waals surface area contributed by atoms with Crippen molar-refractivity contribution in [1.29, 1.82) is 0 Å². The second kappa shape index (κ2) is 6.17. The van der Waals surface area contributed by atoms with Crippen molar-refractivity contribution < 1.29 is 4.74 Å². The maximum Gasteiger partial charge on any atom is 0.0949 e. The van der Waals surface area contributed by atoms with Crippen molar-refractivity contribution in [3.8, 4) is 0 Å². The van der Waals surface area contributed by atoms with Gasteiger partial charge in [-0.3, -0.25) is 0 Å². The highest BCUT2D eigenvalue weighted by Crippen LogP contribution is 2.14. The average molecular weight is 239 g/mol. The molecule has 0 aromatic carbocycles. The third kappa shape index (κ3) is 4.88. The minimum absolute atomic E-state index is 0.151.